The summed E-state index contributed by atoms with van der Waals surface area (Å²) in [5.74, 6) is 2.33. The summed E-state index contributed by atoms with van der Waals surface area (Å²) in [7, 11) is 1.64. The molecule has 156 valence electrons. The maximum absolute atomic E-state index is 13.6. The number of piperidine rings is 1. The number of anilines is 1. The first kappa shape index (κ1) is 18.2. The minimum atomic E-state index is -0.0829. The van der Waals surface area contributed by atoms with Crippen molar-refractivity contribution < 1.29 is 4.74 Å². The van der Waals surface area contributed by atoms with Crippen molar-refractivity contribution in [2.75, 3.05) is 25.1 Å². The number of nitrogens with zero attached hydrogens (tertiary/aromatic N) is 3. The van der Waals surface area contributed by atoms with Crippen molar-refractivity contribution in [1.82, 2.24) is 14.6 Å². The molecular weight excluding hydrogens is 388 g/mol. The van der Waals surface area contributed by atoms with Crippen LogP contribution < -0.4 is 15.2 Å². The molecule has 3 heterocycles. The van der Waals surface area contributed by atoms with Gasteiger partial charge in [-0.15, -0.1) is 0 Å². The van der Waals surface area contributed by atoms with Crippen LogP contribution in [0.1, 0.15) is 12.1 Å². The SMILES string of the molecule is COc1ccc(-c2c(C)nc3c(N4CC5CC5C4)c(-c4ccccc4)[nH]n3c2=O)cc1. The molecule has 6 nitrogen and oxygen atoms in total. The van der Waals surface area contributed by atoms with Crippen molar-refractivity contribution in [3.63, 3.8) is 0 Å². The molecule has 1 saturated heterocycles. The molecule has 2 aliphatic rings. The minimum absolute atomic E-state index is 0.0829. The number of rotatable bonds is 4. The van der Waals surface area contributed by atoms with E-state index in [0.29, 0.717) is 11.2 Å². The molecule has 0 radical (unpaired) electrons. The predicted molar refractivity (Wildman–Crippen MR) is 122 cm³/mol. The van der Waals surface area contributed by atoms with Gasteiger partial charge in [0, 0.05) is 18.7 Å². The zero-order valence-corrected chi connectivity index (χ0v) is 17.6. The van der Waals surface area contributed by atoms with Gasteiger partial charge in [-0.25, -0.2) is 4.98 Å². The van der Waals surface area contributed by atoms with E-state index in [2.05, 4.69) is 22.1 Å². The van der Waals surface area contributed by atoms with Crippen molar-refractivity contribution in [3.8, 4) is 28.1 Å². The van der Waals surface area contributed by atoms with Crippen LogP contribution in [-0.2, 0) is 0 Å². The zero-order chi connectivity index (χ0) is 21.1. The van der Waals surface area contributed by atoms with Crippen LogP contribution in [0.25, 0.3) is 28.0 Å². The van der Waals surface area contributed by atoms with Crippen molar-refractivity contribution in [2.45, 2.75) is 13.3 Å². The van der Waals surface area contributed by atoms with Gasteiger partial charge >= 0.3 is 0 Å². The molecule has 2 fully saturated rings. The number of aromatic nitrogens is 3. The average molecular weight is 412 g/mol. The largest absolute Gasteiger partial charge is 0.497 e. The van der Waals surface area contributed by atoms with Crippen molar-refractivity contribution in [1.29, 1.82) is 0 Å². The predicted octanol–water partition coefficient (Wildman–Crippen LogP) is 4.13. The van der Waals surface area contributed by atoms with Gasteiger partial charge in [-0.1, -0.05) is 42.5 Å². The monoisotopic (exact) mass is 412 g/mol. The Morgan fingerprint density at radius 1 is 1.00 bits per heavy atom. The summed E-state index contributed by atoms with van der Waals surface area (Å²) in [5.41, 5.74) is 5.87. The first-order chi connectivity index (χ1) is 15.1. The Morgan fingerprint density at radius 2 is 1.71 bits per heavy atom. The highest BCUT2D eigenvalue weighted by molar-refractivity contribution is 5.87. The number of benzene rings is 2. The summed E-state index contributed by atoms with van der Waals surface area (Å²) in [6, 6.07) is 17.8. The molecule has 4 aromatic rings. The molecule has 2 aromatic carbocycles. The molecule has 6 rings (SSSR count). The van der Waals surface area contributed by atoms with E-state index in [1.807, 2.05) is 49.4 Å². The number of aromatic amines is 1. The number of methoxy groups -OCH3 is 1. The van der Waals surface area contributed by atoms with Gasteiger partial charge in [0.2, 0.25) is 0 Å². The van der Waals surface area contributed by atoms with Crippen LogP contribution in [0.2, 0.25) is 0 Å². The Kier molecular flexibility index (Phi) is 3.96. The number of ether oxygens (including phenoxy) is 1. The van der Waals surface area contributed by atoms with E-state index in [1.54, 1.807) is 11.6 Å². The number of fused-ring (bicyclic) bond motifs is 2. The highest BCUT2D eigenvalue weighted by Gasteiger charge is 2.46. The summed E-state index contributed by atoms with van der Waals surface area (Å²) in [6.45, 7) is 3.99. The van der Waals surface area contributed by atoms with Gasteiger partial charge in [0.1, 0.15) is 11.4 Å². The van der Waals surface area contributed by atoms with Crippen LogP contribution in [0, 0.1) is 18.8 Å². The fourth-order valence-electron chi connectivity index (χ4n) is 4.94. The summed E-state index contributed by atoms with van der Waals surface area (Å²) in [5, 5.41) is 3.39. The van der Waals surface area contributed by atoms with Crippen molar-refractivity contribution in [2.24, 2.45) is 11.8 Å². The van der Waals surface area contributed by atoms with Gasteiger partial charge in [-0.3, -0.25) is 9.89 Å². The van der Waals surface area contributed by atoms with Gasteiger partial charge in [-0.2, -0.15) is 4.52 Å². The Labute approximate surface area is 180 Å². The number of aryl methyl sites for hydroxylation is 1. The molecule has 6 heteroatoms. The van der Waals surface area contributed by atoms with Gasteiger partial charge in [0.15, 0.2) is 5.65 Å². The maximum Gasteiger partial charge on any atom is 0.280 e. The van der Waals surface area contributed by atoms with Gasteiger partial charge in [0.05, 0.1) is 24.1 Å². The highest BCUT2D eigenvalue weighted by Crippen LogP contribution is 2.48. The van der Waals surface area contributed by atoms with Crippen molar-refractivity contribution >= 4 is 11.3 Å². The molecule has 0 bridgehead atoms. The molecule has 2 aromatic heterocycles. The normalized spacial score (nSPS) is 19.6. The van der Waals surface area contributed by atoms with Gasteiger partial charge < -0.3 is 9.64 Å². The molecule has 0 amide bonds. The fraction of sp³-hybridized carbons (Fsp3) is 0.280. The van der Waals surface area contributed by atoms with Crippen LogP contribution in [-0.4, -0.2) is 34.8 Å². The molecule has 2 unspecified atom stereocenters. The standard InChI is InChI=1S/C25H24N4O2/c1-15-21(16-8-10-20(31-2)11-9-16)25(30)29-24(26-15)23(28-13-18-12-19(18)14-28)22(27-29)17-6-4-3-5-7-17/h3-11,18-19,27H,12-14H2,1-2H3. The van der Waals surface area contributed by atoms with E-state index in [9.17, 15) is 4.79 Å². The third-order valence-electron chi connectivity index (χ3n) is 6.67. The fourth-order valence-corrected chi connectivity index (χ4v) is 4.94. The van der Waals surface area contributed by atoms with Crippen LogP contribution in [0.3, 0.4) is 0 Å². The summed E-state index contributed by atoms with van der Waals surface area (Å²) in [6.07, 6.45) is 1.33. The van der Waals surface area contributed by atoms with E-state index in [-0.39, 0.29) is 5.56 Å². The number of H-pyrrole nitrogens is 1. The molecule has 31 heavy (non-hydrogen) atoms. The van der Waals surface area contributed by atoms with Gasteiger partial charge in [0.25, 0.3) is 5.56 Å². The smallest absolute Gasteiger partial charge is 0.280 e. The van der Waals surface area contributed by atoms with Crippen LogP contribution in [0.5, 0.6) is 5.75 Å². The lowest BCUT2D eigenvalue weighted by Crippen LogP contribution is -2.23. The third-order valence-corrected chi connectivity index (χ3v) is 6.67. The highest BCUT2D eigenvalue weighted by atomic mass is 16.5. The van der Waals surface area contributed by atoms with E-state index < -0.39 is 0 Å². The molecule has 1 aliphatic carbocycles. The lowest BCUT2D eigenvalue weighted by Gasteiger charge is -2.20. The molecule has 2 atom stereocenters. The van der Waals surface area contributed by atoms with E-state index in [4.69, 9.17) is 9.72 Å². The second kappa shape index (κ2) is 6.74. The number of hydrogen-bond donors (Lipinski definition) is 1. The van der Waals surface area contributed by atoms with E-state index >= 15 is 0 Å². The average Bonchev–Trinajstić information content (AvgIpc) is 3.22. The minimum Gasteiger partial charge on any atom is -0.497 e. The second-order valence-electron chi connectivity index (χ2n) is 8.63. The Hall–Kier alpha value is -3.54. The molecule has 1 N–H and O–H groups in total. The summed E-state index contributed by atoms with van der Waals surface area (Å²) < 4.78 is 6.88. The Bertz CT molecular complexity index is 1330. The Balaban J connectivity index is 1.58. The molecule has 0 spiro atoms. The Morgan fingerprint density at radius 3 is 2.39 bits per heavy atom. The van der Waals surface area contributed by atoms with E-state index in [1.165, 1.54) is 6.42 Å². The zero-order valence-electron chi connectivity index (χ0n) is 17.6. The summed E-state index contributed by atoms with van der Waals surface area (Å²) >= 11 is 0. The first-order valence-electron chi connectivity index (χ1n) is 10.7. The molecular formula is C25H24N4O2. The second-order valence-corrected chi connectivity index (χ2v) is 8.63. The number of nitrogens with one attached hydrogen (secondary N) is 1. The van der Waals surface area contributed by atoms with Crippen molar-refractivity contribution in [3.05, 3.63) is 70.6 Å². The molecule has 1 saturated carbocycles. The topological polar surface area (TPSA) is 62.6 Å². The van der Waals surface area contributed by atoms with Crippen LogP contribution in [0.15, 0.2) is 59.4 Å². The quantitative estimate of drug-likeness (QED) is 0.548. The van der Waals surface area contributed by atoms with Crippen LogP contribution in [0.4, 0.5) is 5.69 Å². The summed E-state index contributed by atoms with van der Waals surface area (Å²) in [4.78, 5) is 21.0. The third kappa shape index (κ3) is 2.86. The lowest BCUT2D eigenvalue weighted by atomic mass is 10.1. The maximum atomic E-state index is 13.6. The first-order valence-corrected chi connectivity index (χ1v) is 10.7. The molecule has 1 aliphatic heterocycles. The van der Waals surface area contributed by atoms with E-state index in [0.717, 1.165) is 58.9 Å². The lowest BCUT2D eigenvalue weighted by molar-refractivity contribution is 0.415. The van der Waals surface area contributed by atoms with Crippen LogP contribution >= 0.6 is 0 Å². The van der Waals surface area contributed by atoms with Gasteiger partial charge in [-0.05, 0) is 42.9 Å². The number of hydrogen-bond acceptors (Lipinski definition) is 4.